The molecular weight excluding hydrogens is 380 g/mol. The summed E-state index contributed by atoms with van der Waals surface area (Å²) in [5.74, 6) is -0.589. The van der Waals surface area contributed by atoms with Gasteiger partial charge in [-0.3, -0.25) is 4.79 Å². The van der Waals surface area contributed by atoms with E-state index in [-0.39, 0.29) is 10.8 Å². The topological polar surface area (TPSA) is 76.2 Å². The molecule has 1 amide bonds. The predicted molar refractivity (Wildman–Crippen MR) is 103 cm³/mol. The molecule has 3 saturated heterocycles. The number of benzene rings is 1. The summed E-state index contributed by atoms with van der Waals surface area (Å²) in [6.45, 7) is 3.52. The predicted octanol–water partition coefficient (Wildman–Crippen LogP) is 2.23. The second-order valence-corrected chi connectivity index (χ2v) is 9.68. The number of nitrogens with zero attached hydrogens (tertiary/aromatic N) is 2. The number of carbonyl (C=O) groups is 1. The summed E-state index contributed by atoms with van der Waals surface area (Å²) in [7, 11) is -3.49. The zero-order chi connectivity index (χ0) is 19.6. The van der Waals surface area contributed by atoms with Crippen molar-refractivity contribution in [1.82, 2.24) is 9.21 Å². The van der Waals surface area contributed by atoms with Crippen LogP contribution in [0.15, 0.2) is 29.2 Å². The van der Waals surface area contributed by atoms with Gasteiger partial charge in [-0.05, 0) is 37.1 Å². The van der Waals surface area contributed by atoms with Crippen molar-refractivity contribution in [2.24, 2.45) is 0 Å². The average Bonchev–Trinajstić information content (AvgIpc) is 2.99. The van der Waals surface area contributed by atoms with Gasteiger partial charge in [-0.2, -0.15) is 4.31 Å². The maximum absolute atomic E-state index is 12.9. The smallest absolute Gasteiger partial charge is 0.253 e. The number of carbonyl (C=O) groups excluding carboxylic acids is 1. The van der Waals surface area contributed by atoms with Crippen LogP contribution < -0.4 is 0 Å². The summed E-state index contributed by atoms with van der Waals surface area (Å²) in [5, 5.41) is 0. The second-order valence-electron chi connectivity index (χ2n) is 7.74. The summed E-state index contributed by atoms with van der Waals surface area (Å²) in [5.41, 5.74) is 0.513. The Balaban J connectivity index is 1.42. The molecule has 0 atom stereocenters. The Kier molecular flexibility index (Phi) is 5.73. The fourth-order valence-electron chi connectivity index (χ4n) is 4.22. The molecule has 0 bridgehead atoms. The molecule has 0 radical (unpaired) electrons. The molecule has 0 aliphatic carbocycles. The third-order valence-electron chi connectivity index (χ3n) is 5.93. The minimum atomic E-state index is -3.49. The first-order valence-corrected chi connectivity index (χ1v) is 11.6. The summed E-state index contributed by atoms with van der Waals surface area (Å²) < 4.78 is 38.7. The van der Waals surface area contributed by atoms with Crippen molar-refractivity contribution in [3.8, 4) is 0 Å². The molecule has 7 nitrogen and oxygen atoms in total. The Morgan fingerprint density at radius 2 is 1.43 bits per heavy atom. The van der Waals surface area contributed by atoms with E-state index in [0.29, 0.717) is 57.8 Å². The molecule has 0 N–H and O–H groups in total. The molecule has 0 saturated carbocycles. The van der Waals surface area contributed by atoms with E-state index in [1.54, 1.807) is 33.5 Å². The Hall–Kier alpha value is -1.48. The van der Waals surface area contributed by atoms with Crippen molar-refractivity contribution >= 4 is 15.9 Å². The van der Waals surface area contributed by atoms with Gasteiger partial charge in [-0.15, -0.1) is 0 Å². The fourth-order valence-corrected chi connectivity index (χ4v) is 5.74. The first-order valence-electron chi connectivity index (χ1n) is 10.2. The lowest BCUT2D eigenvalue weighted by atomic mass is 10.0. The number of hydrogen-bond donors (Lipinski definition) is 0. The number of ether oxygens (including phenoxy) is 2. The minimum absolute atomic E-state index is 0.0773. The Bertz CT molecular complexity index is 784. The van der Waals surface area contributed by atoms with Gasteiger partial charge in [-0.25, -0.2) is 8.42 Å². The molecule has 0 unspecified atom stereocenters. The second kappa shape index (κ2) is 8.10. The minimum Gasteiger partial charge on any atom is -0.347 e. The van der Waals surface area contributed by atoms with E-state index in [4.69, 9.17) is 9.47 Å². The van der Waals surface area contributed by atoms with E-state index in [1.807, 2.05) is 0 Å². The molecule has 1 aromatic carbocycles. The van der Waals surface area contributed by atoms with Crippen LogP contribution in [-0.2, 0) is 19.5 Å². The Morgan fingerprint density at radius 3 is 2.00 bits per heavy atom. The highest BCUT2D eigenvalue weighted by Crippen LogP contribution is 2.32. The van der Waals surface area contributed by atoms with Gasteiger partial charge < -0.3 is 14.4 Å². The molecule has 154 valence electrons. The van der Waals surface area contributed by atoms with Gasteiger partial charge in [0.05, 0.1) is 18.1 Å². The molecular formula is C20H28N2O5S. The normalized spacial score (nSPS) is 23.6. The molecule has 3 aliphatic rings. The van der Waals surface area contributed by atoms with Gasteiger partial charge in [-0.1, -0.05) is 12.8 Å². The first kappa shape index (κ1) is 19.8. The quantitative estimate of drug-likeness (QED) is 0.767. The standard InChI is InChI=1S/C20H28N2O5S/c23-19(21-13-9-20(10-14-21)26-15-16-27-20)17-5-7-18(8-6-17)28(24,25)22-11-3-1-2-4-12-22/h5-8H,1-4,9-16H2. The molecule has 3 heterocycles. The van der Waals surface area contributed by atoms with E-state index in [1.165, 1.54) is 0 Å². The maximum atomic E-state index is 12.9. The lowest BCUT2D eigenvalue weighted by molar-refractivity contribution is -0.181. The van der Waals surface area contributed by atoms with Crippen LogP contribution in [0.4, 0.5) is 0 Å². The van der Waals surface area contributed by atoms with E-state index in [0.717, 1.165) is 25.7 Å². The molecule has 3 fully saturated rings. The van der Waals surface area contributed by atoms with Gasteiger partial charge >= 0.3 is 0 Å². The van der Waals surface area contributed by atoms with E-state index in [2.05, 4.69) is 0 Å². The SMILES string of the molecule is O=C(c1ccc(S(=O)(=O)N2CCCCCC2)cc1)N1CCC2(CC1)OCCO2. The van der Waals surface area contributed by atoms with Gasteiger partial charge in [0.15, 0.2) is 5.79 Å². The number of rotatable bonds is 3. The van der Waals surface area contributed by atoms with Crippen molar-refractivity contribution in [2.75, 3.05) is 39.4 Å². The average molecular weight is 409 g/mol. The van der Waals surface area contributed by atoms with E-state index < -0.39 is 15.8 Å². The highest BCUT2D eigenvalue weighted by molar-refractivity contribution is 7.89. The third-order valence-corrected chi connectivity index (χ3v) is 7.84. The monoisotopic (exact) mass is 408 g/mol. The number of hydrogen-bond acceptors (Lipinski definition) is 5. The van der Waals surface area contributed by atoms with Crippen LogP contribution in [0.5, 0.6) is 0 Å². The van der Waals surface area contributed by atoms with Crippen LogP contribution in [0.25, 0.3) is 0 Å². The largest absolute Gasteiger partial charge is 0.347 e. The van der Waals surface area contributed by atoms with Crippen LogP contribution >= 0.6 is 0 Å². The van der Waals surface area contributed by atoms with Crippen LogP contribution in [-0.4, -0.2) is 68.7 Å². The summed E-state index contributed by atoms with van der Waals surface area (Å²) in [4.78, 5) is 14.8. The van der Waals surface area contributed by atoms with Crippen molar-refractivity contribution in [1.29, 1.82) is 0 Å². The molecule has 0 aromatic heterocycles. The summed E-state index contributed by atoms with van der Waals surface area (Å²) >= 11 is 0. The zero-order valence-electron chi connectivity index (χ0n) is 16.1. The van der Waals surface area contributed by atoms with Crippen LogP contribution in [0.1, 0.15) is 48.9 Å². The highest BCUT2D eigenvalue weighted by atomic mass is 32.2. The van der Waals surface area contributed by atoms with Gasteiger partial charge in [0.2, 0.25) is 10.0 Å². The zero-order valence-corrected chi connectivity index (χ0v) is 17.0. The molecule has 8 heteroatoms. The van der Waals surface area contributed by atoms with Gasteiger partial charge in [0.25, 0.3) is 5.91 Å². The molecule has 1 spiro atoms. The van der Waals surface area contributed by atoms with Gasteiger partial charge in [0, 0.05) is 44.6 Å². The maximum Gasteiger partial charge on any atom is 0.253 e. The molecule has 28 heavy (non-hydrogen) atoms. The van der Waals surface area contributed by atoms with Crippen molar-refractivity contribution in [3.05, 3.63) is 29.8 Å². The van der Waals surface area contributed by atoms with Crippen LogP contribution in [0.2, 0.25) is 0 Å². The van der Waals surface area contributed by atoms with Crippen molar-refractivity contribution < 1.29 is 22.7 Å². The lowest BCUT2D eigenvalue weighted by Crippen LogP contribution is -2.47. The van der Waals surface area contributed by atoms with Crippen molar-refractivity contribution in [2.45, 2.75) is 49.2 Å². The molecule has 1 aromatic rings. The number of sulfonamides is 1. The summed E-state index contributed by atoms with van der Waals surface area (Å²) in [6.07, 6.45) is 5.29. The lowest BCUT2D eigenvalue weighted by Gasteiger charge is -2.37. The third kappa shape index (κ3) is 3.96. The van der Waals surface area contributed by atoms with Gasteiger partial charge in [0.1, 0.15) is 0 Å². The van der Waals surface area contributed by atoms with Crippen LogP contribution in [0, 0.1) is 0 Å². The van der Waals surface area contributed by atoms with Crippen molar-refractivity contribution in [3.63, 3.8) is 0 Å². The summed E-state index contributed by atoms with van der Waals surface area (Å²) in [6, 6.07) is 6.37. The number of amides is 1. The fraction of sp³-hybridized carbons (Fsp3) is 0.650. The Morgan fingerprint density at radius 1 is 0.857 bits per heavy atom. The first-order chi connectivity index (χ1) is 13.5. The highest BCUT2D eigenvalue weighted by Gasteiger charge is 2.40. The van der Waals surface area contributed by atoms with E-state index in [9.17, 15) is 13.2 Å². The number of piperidine rings is 1. The van der Waals surface area contributed by atoms with E-state index >= 15 is 0 Å². The van der Waals surface area contributed by atoms with Crippen LogP contribution in [0.3, 0.4) is 0 Å². The Labute approximate surface area is 166 Å². The number of likely N-dealkylation sites (tertiary alicyclic amines) is 1. The molecule has 4 rings (SSSR count). The molecule has 3 aliphatic heterocycles.